The zero-order chi connectivity index (χ0) is 24.0. The molecule has 3 rings (SSSR count). The average Bonchev–Trinajstić information content (AvgIpc) is 3.16. The minimum Gasteiger partial charge on any atom is -0.495 e. The summed E-state index contributed by atoms with van der Waals surface area (Å²) in [7, 11) is 2.98. The molecule has 1 amide bonds. The molecule has 3 N–H and O–H groups in total. The Labute approximate surface area is 201 Å². The molecule has 176 valence electrons. The summed E-state index contributed by atoms with van der Waals surface area (Å²) in [4.78, 5) is 12.5. The summed E-state index contributed by atoms with van der Waals surface area (Å²) >= 11 is 7.25. The van der Waals surface area contributed by atoms with Gasteiger partial charge in [0.25, 0.3) is 0 Å². The molecule has 33 heavy (non-hydrogen) atoms. The molecule has 0 aliphatic heterocycles. The Morgan fingerprint density at radius 3 is 2.48 bits per heavy atom. The van der Waals surface area contributed by atoms with Crippen LogP contribution in [-0.4, -0.2) is 40.8 Å². The highest BCUT2D eigenvalue weighted by Crippen LogP contribution is 2.36. The Hall–Kier alpha value is -3.11. The number of nitrogens with zero attached hydrogens (tertiary/aromatic N) is 3. The Bertz CT molecular complexity index is 1100. The number of hydrogen-bond acceptors (Lipinski definition) is 8. The van der Waals surface area contributed by atoms with Crippen LogP contribution < -0.4 is 25.4 Å². The number of nitrogens with one attached hydrogen (secondary N) is 1. The second-order valence-electron chi connectivity index (χ2n) is 7.31. The Kier molecular flexibility index (Phi) is 8.29. The van der Waals surface area contributed by atoms with Gasteiger partial charge in [-0.3, -0.25) is 4.79 Å². The second kappa shape index (κ2) is 11.2. The minimum atomic E-state index is -0.284. The molecule has 0 radical (unpaired) electrons. The zero-order valence-electron chi connectivity index (χ0n) is 18.8. The Morgan fingerprint density at radius 2 is 1.85 bits per heavy atom. The van der Waals surface area contributed by atoms with Crippen molar-refractivity contribution in [1.82, 2.24) is 14.9 Å². The van der Waals surface area contributed by atoms with Crippen molar-refractivity contribution in [2.45, 2.75) is 31.5 Å². The Morgan fingerprint density at radius 1 is 1.15 bits per heavy atom. The maximum absolute atomic E-state index is 12.5. The monoisotopic (exact) mass is 491 g/mol. The van der Waals surface area contributed by atoms with Crippen molar-refractivity contribution < 1.29 is 19.0 Å². The van der Waals surface area contributed by atoms with Gasteiger partial charge in [-0.1, -0.05) is 49.3 Å². The van der Waals surface area contributed by atoms with Crippen LogP contribution in [-0.2, 0) is 11.4 Å². The first-order chi connectivity index (χ1) is 15.8. The van der Waals surface area contributed by atoms with Crippen LogP contribution in [0.4, 0.5) is 5.69 Å². The fraction of sp³-hybridized carbons (Fsp3) is 0.318. The lowest BCUT2D eigenvalue weighted by molar-refractivity contribution is -0.113. The van der Waals surface area contributed by atoms with Crippen LogP contribution >= 0.6 is 23.4 Å². The first-order valence-corrected chi connectivity index (χ1v) is 11.4. The van der Waals surface area contributed by atoms with Gasteiger partial charge in [0.05, 0.1) is 30.7 Å². The highest BCUT2D eigenvalue weighted by molar-refractivity contribution is 7.99. The number of halogens is 1. The van der Waals surface area contributed by atoms with Gasteiger partial charge in [0.2, 0.25) is 11.1 Å². The fourth-order valence-corrected chi connectivity index (χ4v) is 3.78. The van der Waals surface area contributed by atoms with Crippen LogP contribution in [0, 0.1) is 0 Å². The molecule has 0 aliphatic rings. The topological polar surface area (TPSA) is 114 Å². The van der Waals surface area contributed by atoms with E-state index in [1.54, 1.807) is 12.1 Å². The Balaban J connectivity index is 1.56. The van der Waals surface area contributed by atoms with Crippen LogP contribution in [0.25, 0.3) is 0 Å². The standard InChI is InChI=1S/C22H26ClN5O4S/c1-13(2)14-5-7-15(8-6-14)32-11-20-26-27-22(28(20)24)33-12-21(29)25-17-10-18(30-3)16(23)9-19(17)31-4/h5-10,13H,11-12,24H2,1-4H3,(H,25,29). The van der Waals surface area contributed by atoms with E-state index in [-0.39, 0.29) is 18.3 Å². The van der Waals surface area contributed by atoms with Gasteiger partial charge in [-0.2, -0.15) is 0 Å². The normalized spacial score (nSPS) is 10.8. The van der Waals surface area contributed by atoms with Crippen molar-refractivity contribution in [2.75, 3.05) is 31.1 Å². The molecule has 0 unspecified atom stereocenters. The number of benzene rings is 2. The fourth-order valence-electron chi connectivity index (χ4n) is 2.88. The lowest BCUT2D eigenvalue weighted by Gasteiger charge is -2.13. The van der Waals surface area contributed by atoms with Crippen molar-refractivity contribution in [3.05, 3.63) is 52.8 Å². The molecule has 0 saturated heterocycles. The number of rotatable bonds is 10. The summed E-state index contributed by atoms with van der Waals surface area (Å²) in [5, 5.41) is 11.6. The third kappa shape index (κ3) is 6.23. The molecule has 0 bridgehead atoms. The smallest absolute Gasteiger partial charge is 0.234 e. The number of amides is 1. The number of ether oxygens (including phenoxy) is 3. The summed E-state index contributed by atoms with van der Waals surface area (Å²) < 4.78 is 17.5. The van der Waals surface area contributed by atoms with Crippen LogP contribution in [0.3, 0.4) is 0 Å². The number of carbonyl (C=O) groups is 1. The van der Waals surface area contributed by atoms with E-state index in [0.717, 1.165) is 11.8 Å². The van der Waals surface area contributed by atoms with Gasteiger partial charge >= 0.3 is 0 Å². The van der Waals surface area contributed by atoms with E-state index in [0.29, 0.717) is 44.9 Å². The van der Waals surface area contributed by atoms with Gasteiger partial charge in [-0.15, -0.1) is 10.2 Å². The van der Waals surface area contributed by atoms with Crippen molar-refractivity contribution in [3.63, 3.8) is 0 Å². The maximum Gasteiger partial charge on any atom is 0.234 e. The zero-order valence-corrected chi connectivity index (χ0v) is 20.4. The van der Waals surface area contributed by atoms with Crippen LogP contribution in [0.2, 0.25) is 5.02 Å². The number of anilines is 1. The highest BCUT2D eigenvalue weighted by Gasteiger charge is 2.16. The summed E-state index contributed by atoms with van der Waals surface area (Å²) in [5.74, 6) is 8.29. The van der Waals surface area contributed by atoms with E-state index in [9.17, 15) is 4.79 Å². The molecule has 0 fully saturated rings. The number of thioether (sulfide) groups is 1. The van der Waals surface area contributed by atoms with E-state index in [2.05, 4.69) is 29.4 Å². The van der Waals surface area contributed by atoms with Crippen LogP contribution in [0.15, 0.2) is 41.6 Å². The predicted octanol–water partition coefficient (Wildman–Crippen LogP) is 4.10. The number of aromatic nitrogens is 3. The molecule has 0 saturated carbocycles. The van der Waals surface area contributed by atoms with Gasteiger partial charge in [-0.25, -0.2) is 4.68 Å². The highest BCUT2D eigenvalue weighted by atomic mass is 35.5. The summed E-state index contributed by atoms with van der Waals surface area (Å²) in [5.41, 5.74) is 1.67. The van der Waals surface area contributed by atoms with E-state index in [1.165, 1.54) is 24.5 Å². The third-order valence-corrected chi connectivity index (χ3v) is 5.97. The third-order valence-electron chi connectivity index (χ3n) is 4.73. The second-order valence-corrected chi connectivity index (χ2v) is 8.65. The van der Waals surface area contributed by atoms with Gasteiger partial charge in [0, 0.05) is 12.1 Å². The molecular formula is C22H26ClN5O4S. The average molecular weight is 492 g/mol. The van der Waals surface area contributed by atoms with Gasteiger partial charge in [-0.05, 0) is 23.6 Å². The lowest BCUT2D eigenvalue weighted by atomic mass is 10.0. The van der Waals surface area contributed by atoms with Gasteiger partial charge in [0.1, 0.15) is 23.9 Å². The molecule has 9 nitrogen and oxygen atoms in total. The van der Waals surface area contributed by atoms with E-state index >= 15 is 0 Å². The van der Waals surface area contributed by atoms with Crippen LogP contribution in [0.1, 0.15) is 31.2 Å². The first kappa shape index (κ1) is 24.5. The number of nitrogen functional groups attached to an aromatic ring is 1. The van der Waals surface area contributed by atoms with Crippen LogP contribution in [0.5, 0.6) is 17.2 Å². The quantitative estimate of drug-likeness (QED) is 0.322. The number of carbonyl (C=O) groups excluding carboxylic acids is 1. The molecular weight excluding hydrogens is 466 g/mol. The maximum atomic E-state index is 12.5. The first-order valence-electron chi connectivity index (χ1n) is 10.1. The van der Waals surface area contributed by atoms with Gasteiger partial charge < -0.3 is 25.4 Å². The molecule has 0 atom stereocenters. The number of nitrogens with two attached hydrogens (primary N) is 1. The van der Waals surface area contributed by atoms with Gasteiger partial charge in [0.15, 0.2) is 5.82 Å². The minimum absolute atomic E-state index is 0.0565. The molecule has 1 aromatic heterocycles. The molecule has 0 spiro atoms. The molecule has 1 heterocycles. The van der Waals surface area contributed by atoms with Crippen molar-refractivity contribution >= 4 is 35.0 Å². The summed E-state index contributed by atoms with van der Waals surface area (Å²) in [6.45, 7) is 4.42. The van der Waals surface area contributed by atoms with E-state index < -0.39 is 0 Å². The van der Waals surface area contributed by atoms with E-state index in [4.69, 9.17) is 31.7 Å². The summed E-state index contributed by atoms with van der Waals surface area (Å²) in [6, 6.07) is 11.0. The van der Waals surface area contributed by atoms with Crippen molar-refractivity contribution in [2.24, 2.45) is 0 Å². The predicted molar refractivity (Wildman–Crippen MR) is 129 cm³/mol. The lowest BCUT2D eigenvalue weighted by Crippen LogP contribution is -2.18. The van der Waals surface area contributed by atoms with Crippen molar-refractivity contribution in [3.8, 4) is 17.2 Å². The molecule has 0 aliphatic carbocycles. The SMILES string of the molecule is COc1cc(NC(=O)CSc2nnc(COc3ccc(C(C)C)cc3)n2N)c(OC)cc1Cl. The van der Waals surface area contributed by atoms with E-state index in [1.807, 2.05) is 24.3 Å². The summed E-state index contributed by atoms with van der Waals surface area (Å²) in [6.07, 6.45) is 0. The largest absolute Gasteiger partial charge is 0.495 e. The molecule has 11 heteroatoms. The number of hydrogen-bond donors (Lipinski definition) is 2. The van der Waals surface area contributed by atoms with Crippen molar-refractivity contribution in [1.29, 1.82) is 0 Å². The number of methoxy groups -OCH3 is 2. The molecule has 2 aromatic carbocycles. The molecule has 3 aromatic rings.